The summed E-state index contributed by atoms with van der Waals surface area (Å²) in [5, 5.41) is 10.9. The highest BCUT2D eigenvalue weighted by Gasteiger charge is 2.19. The molecule has 16 heavy (non-hydrogen) atoms. The molecule has 1 amide bonds. The second-order valence-corrected chi connectivity index (χ2v) is 5.20. The number of carbonyl (C=O) groups excluding carboxylic acids is 1. The van der Waals surface area contributed by atoms with Gasteiger partial charge in [0.05, 0.1) is 6.26 Å². The van der Waals surface area contributed by atoms with Crippen molar-refractivity contribution in [3.63, 3.8) is 0 Å². The van der Waals surface area contributed by atoms with Crippen molar-refractivity contribution in [2.75, 3.05) is 19.3 Å². The third-order valence-electron chi connectivity index (χ3n) is 1.78. The van der Waals surface area contributed by atoms with Gasteiger partial charge < -0.3 is 10.4 Å². The van der Waals surface area contributed by atoms with Crippen molar-refractivity contribution < 1.29 is 23.1 Å². The quantitative estimate of drug-likeness (QED) is 0.387. The Labute approximate surface area is 94.3 Å². The van der Waals surface area contributed by atoms with Crippen molar-refractivity contribution in [3.8, 4) is 0 Å². The molecule has 1 atom stereocenters. The van der Waals surface area contributed by atoms with Crippen LogP contribution in [-0.2, 0) is 19.6 Å². The zero-order valence-corrected chi connectivity index (χ0v) is 10.0. The largest absolute Gasteiger partial charge is 0.481 e. The van der Waals surface area contributed by atoms with Crippen molar-refractivity contribution in [3.05, 3.63) is 0 Å². The maximum Gasteiger partial charge on any atom is 0.315 e. The molecule has 7 nitrogen and oxygen atoms in total. The summed E-state index contributed by atoms with van der Waals surface area (Å²) in [6, 6.07) is 0. The number of rotatable bonds is 7. The fourth-order valence-electron chi connectivity index (χ4n) is 0.823. The van der Waals surface area contributed by atoms with Gasteiger partial charge in [0, 0.05) is 13.1 Å². The van der Waals surface area contributed by atoms with Gasteiger partial charge in [-0.05, 0) is 13.3 Å². The molecule has 0 rings (SSSR count). The molecule has 8 heteroatoms. The molecule has 0 saturated carbocycles. The lowest BCUT2D eigenvalue weighted by Crippen LogP contribution is -2.35. The number of amides is 1. The Balaban J connectivity index is 3.68. The Morgan fingerprint density at radius 1 is 1.31 bits per heavy atom. The first-order valence-corrected chi connectivity index (χ1v) is 6.58. The van der Waals surface area contributed by atoms with Crippen molar-refractivity contribution >= 4 is 21.9 Å². The first-order chi connectivity index (χ1) is 7.24. The highest BCUT2D eigenvalue weighted by Crippen LogP contribution is 1.93. The van der Waals surface area contributed by atoms with E-state index >= 15 is 0 Å². The van der Waals surface area contributed by atoms with Gasteiger partial charge in [0.15, 0.2) is 0 Å². The maximum absolute atomic E-state index is 11.1. The van der Waals surface area contributed by atoms with E-state index in [0.717, 1.165) is 6.26 Å². The van der Waals surface area contributed by atoms with Gasteiger partial charge in [0.1, 0.15) is 5.92 Å². The molecule has 94 valence electrons. The fraction of sp³-hybridized carbons (Fsp3) is 0.750. The second-order valence-electron chi connectivity index (χ2n) is 3.37. The number of hydrogen-bond acceptors (Lipinski definition) is 4. The number of carboxylic acid groups (broad SMARTS) is 1. The first-order valence-electron chi connectivity index (χ1n) is 4.69. The fourth-order valence-corrected chi connectivity index (χ4v) is 1.34. The van der Waals surface area contributed by atoms with Gasteiger partial charge in [-0.15, -0.1) is 0 Å². The summed E-state index contributed by atoms with van der Waals surface area (Å²) in [4.78, 5) is 21.5. The third kappa shape index (κ3) is 7.18. The molecule has 0 radical (unpaired) electrons. The molecule has 0 aliphatic carbocycles. The molecule has 0 aromatic heterocycles. The number of sulfonamides is 1. The summed E-state index contributed by atoms with van der Waals surface area (Å²) in [7, 11) is -3.21. The number of carboxylic acids is 1. The van der Waals surface area contributed by atoms with Crippen LogP contribution in [0.1, 0.15) is 13.3 Å². The van der Waals surface area contributed by atoms with Crippen molar-refractivity contribution in [2.24, 2.45) is 5.92 Å². The zero-order valence-electron chi connectivity index (χ0n) is 9.19. The lowest BCUT2D eigenvalue weighted by molar-refractivity contribution is -0.146. The lowest BCUT2D eigenvalue weighted by Gasteiger charge is -2.08. The van der Waals surface area contributed by atoms with Crippen LogP contribution in [-0.4, -0.2) is 44.7 Å². The molecule has 0 spiro atoms. The van der Waals surface area contributed by atoms with Crippen LogP contribution in [0.4, 0.5) is 0 Å². The number of hydrogen-bond donors (Lipinski definition) is 3. The molecule has 0 heterocycles. The van der Waals surface area contributed by atoms with Crippen molar-refractivity contribution in [1.82, 2.24) is 10.0 Å². The molecule has 0 aromatic carbocycles. The van der Waals surface area contributed by atoms with Crippen molar-refractivity contribution in [1.29, 1.82) is 0 Å². The van der Waals surface area contributed by atoms with Gasteiger partial charge in [-0.1, -0.05) is 0 Å². The van der Waals surface area contributed by atoms with Crippen LogP contribution in [0.15, 0.2) is 0 Å². The van der Waals surface area contributed by atoms with E-state index in [-0.39, 0.29) is 13.1 Å². The molecule has 0 saturated heterocycles. The van der Waals surface area contributed by atoms with E-state index < -0.39 is 27.8 Å². The maximum atomic E-state index is 11.1. The Bertz CT molecular complexity index is 351. The van der Waals surface area contributed by atoms with Crippen LogP contribution < -0.4 is 10.0 Å². The van der Waals surface area contributed by atoms with Gasteiger partial charge in [-0.2, -0.15) is 0 Å². The Morgan fingerprint density at radius 3 is 2.31 bits per heavy atom. The molecular weight excluding hydrogens is 236 g/mol. The van der Waals surface area contributed by atoms with E-state index in [1.54, 1.807) is 0 Å². The average molecular weight is 252 g/mol. The van der Waals surface area contributed by atoms with Gasteiger partial charge in [0.25, 0.3) is 0 Å². The summed E-state index contributed by atoms with van der Waals surface area (Å²) in [6.07, 6.45) is 1.45. The SMILES string of the molecule is CC(C(=O)O)C(=O)NCCCNS(C)(=O)=O. The summed E-state index contributed by atoms with van der Waals surface area (Å²) in [6.45, 7) is 1.73. The molecule has 0 bridgehead atoms. The monoisotopic (exact) mass is 252 g/mol. The minimum atomic E-state index is -3.21. The number of aliphatic carboxylic acids is 1. The minimum Gasteiger partial charge on any atom is -0.481 e. The minimum absolute atomic E-state index is 0.209. The van der Waals surface area contributed by atoms with E-state index in [1.807, 2.05) is 0 Å². The smallest absolute Gasteiger partial charge is 0.315 e. The molecule has 0 aliphatic heterocycles. The van der Waals surface area contributed by atoms with Crippen LogP contribution in [0, 0.1) is 5.92 Å². The predicted molar refractivity (Wildman–Crippen MR) is 57.3 cm³/mol. The summed E-state index contributed by atoms with van der Waals surface area (Å²) in [5.41, 5.74) is 0. The third-order valence-corrected chi connectivity index (χ3v) is 2.51. The average Bonchev–Trinajstić information content (AvgIpc) is 2.13. The van der Waals surface area contributed by atoms with Crippen LogP contribution in [0.3, 0.4) is 0 Å². The Kier molecular flexibility index (Phi) is 5.97. The van der Waals surface area contributed by atoms with E-state index in [2.05, 4.69) is 10.0 Å². The summed E-state index contributed by atoms with van der Waals surface area (Å²) < 4.78 is 23.6. The molecule has 1 unspecified atom stereocenters. The van der Waals surface area contributed by atoms with Crippen molar-refractivity contribution in [2.45, 2.75) is 13.3 Å². The van der Waals surface area contributed by atoms with E-state index in [1.165, 1.54) is 6.92 Å². The van der Waals surface area contributed by atoms with E-state index in [4.69, 9.17) is 5.11 Å². The summed E-state index contributed by atoms with van der Waals surface area (Å²) in [5.74, 6) is -2.86. The van der Waals surface area contributed by atoms with Gasteiger partial charge in [-0.25, -0.2) is 13.1 Å². The predicted octanol–water partition coefficient (Wildman–Crippen LogP) is -1.24. The summed E-state index contributed by atoms with van der Waals surface area (Å²) >= 11 is 0. The Morgan fingerprint density at radius 2 is 1.88 bits per heavy atom. The second kappa shape index (κ2) is 6.44. The molecule has 0 aliphatic rings. The van der Waals surface area contributed by atoms with E-state index in [9.17, 15) is 18.0 Å². The molecule has 0 fully saturated rings. The first kappa shape index (κ1) is 14.8. The standard InChI is InChI=1S/C8H16N2O5S/c1-6(8(12)13)7(11)9-4-3-5-10-16(2,14)15/h6,10H,3-5H2,1-2H3,(H,9,11)(H,12,13). The van der Waals surface area contributed by atoms with Crippen LogP contribution in [0.2, 0.25) is 0 Å². The normalized spacial score (nSPS) is 13.1. The highest BCUT2D eigenvalue weighted by atomic mass is 32.2. The molecule has 0 aromatic rings. The molecular formula is C8H16N2O5S. The van der Waals surface area contributed by atoms with Crippen LogP contribution in [0.25, 0.3) is 0 Å². The zero-order chi connectivity index (χ0) is 12.8. The van der Waals surface area contributed by atoms with E-state index in [0.29, 0.717) is 6.42 Å². The van der Waals surface area contributed by atoms with Crippen LogP contribution >= 0.6 is 0 Å². The number of nitrogens with one attached hydrogen (secondary N) is 2. The van der Waals surface area contributed by atoms with Gasteiger partial charge in [-0.3, -0.25) is 9.59 Å². The van der Waals surface area contributed by atoms with Gasteiger partial charge >= 0.3 is 5.97 Å². The highest BCUT2D eigenvalue weighted by molar-refractivity contribution is 7.88. The van der Waals surface area contributed by atoms with Crippen LogP contribution in [0.5, 0.6) is 0 Å². The topological polar surface area (TPSA) is 113 Å². The molecule has 3 N–H and O–H groups in total. The number of carbonyl (C=O) groups is 2. The van der Waals surface area contributed by atoms with Gasteiger partial charge in [0.2, 0.25) is 15.9 Å². The lowest BCUT2D eigenvalue weighted by atomic mass is 10.2. The Hall–Kier alpha value is -1.15.